The summed E-state index contributed by atoms with van der Waals surface area (Å²) in [5.74, 6) is 0.149. The van der Waals surface area contributed by atoms with Crippen LogP contribution >= 0.6 is 0 Å². The molecule has 28 heavy (non-hydrogen) atoms. The van der Waals surface area contributed by atoms with E-state index in [1.54, 1.807) is 40.9 Å². The summed E-state index contributed by atoms with van der Waals surface area (Å²) in [5, 5.41) is 2.82. The van der Waals surface area contributed by atoms with E-state index < -0.39 is 0 Å². The lowest BCUT2D eigenvalue weighted by Crippen LogP contribution is -2.22. The van der Waals surface area contributed by atoms with Crippen LogP contribution in [0.25, 0.3) is 5.65 Å². The lowest BCUT2D eigenvalue weighted by Gasteiger charge is -2.07. The first kappa shape index (κ1) is 17.7. The van der Waals surface area contributed by atoms with Crippen LogP contribution in [-0.4, -0.2) is 15.3 Å². The van der Waals surface area contributed by atoms with Gasteiger partial charge in [0.25, 0.3) is 5.91 Å². The SMILES string of the molecule is O=C(NCc1cn2cc(F)ccc2n1)c1ccc(OCc2ccccc2)cc1. The molecule has 0 unspecified atom stereocenters. The van der Waals surface area contributed by atoms with Crippen LogP contribution in [0.3, 0.4) is 0 Å². The largest absolute Gasteiger partial charge is 0.489 e. The van der Waals surface area contributed by atoms with Crippen LogP contribution in [0.4, 0.5) is 4.39 Å². The van der Waals surface area contributed by atoms with Crippen molar-refractivity contribution in [2.75, 3.05) is 0 Å². The van der Waals surface area contributed by atoms with Crippen molar-refractivity contribution in [3.05, 3.63) is 102 Å². The predicted octanol–water partition coefficient (Wildman–Crippen LogP) is 3.98. The van der Waals surface area contributed by atoms with E-state index in [1.165, 1.54) is 12.3 Å². The number of ether oxygens (including phenoxy) is 1. The van der Waals surface area contributed by atoms with Gasteiger partial charge in [-0.2, -0.15) is 0 Å². The second-order valence-electron chi connectivity index (χ2n) is 6.33. The van der Waals surface area contributed by atoms with Gasteiger partial charge in [0.1, 0.15) is 23.8 Å². The number of carbonyl (C=O) groups is 1. The van der Waals surface area contributed by atoms with Crippen molar-refractivity contribution in [2.45, 2.75) is 13.2 Å². The van der Waals surface area contributed by atoms with Gasteiger partial charge < -0.3 is 14.5 Å². The number of rotatable bonds is 6. The number of benzene rings is 2. The van der Waals surface area contributed by atoms with E-state index in [9.17, 15) is 9.18 Å². The Morgan fingerprint density at radius 1 is 1.00 bits per heavy atom. The van der Waals surface area contributed by atoms with Crippen molar-refractivity contribution in [3.8, 4) is 5.75 Å². The highest BCUT2D eigenvalue weighted by Gasteiger charge is 2.08. The first-order chi connectivity index (χ1) is 13.7. The van der Waals surface area contributed by atoms with Crippen molar-refractivity contribution in [1.29, 1.82) is 0 Å². The maximum atomic E-state index is 13.2. The Balaban J connectivity index is 1.33. The van der Waals surface area contributed by atoms with Gasteiger partial charge in [0, 0.05) is 18.0 Å². The maximum Gasteiger partial charge on any atom is 0.251 e. The van der Waals surface area contributed by atoms with E-state index in [0.717, 1.165) is 5.56 Å². The molecule has 0 saturated carbocycles. The Morgan fingerprint density at radius 2 is 1.79 bits per heavy atom. The molecule has 4 rings (SSSR count). The van der Waals surface area contributed by atoms with Crippen molar-refractivity contribution < 1.29 is 13.9 Å². The van der Waals surface area contributed by atoms with Crippen LogP contribution in [0.2, 0.25) is 0 Å². The van der Waals surface area contributed by atoms with Crippen molar-refractivity contribution in [3.63, 3.8) is 0 Å². The molecule has 0 aliphatic carbocycles. The molecular weight excluding hydrogens is 357 g/mol. The summed E-state index contributed by atoms with van der Waals surface area (Å²) in [6.07, 6.45) is 3.04. The zero-order chi connectivity index (χ0) is 19.3. The van der Waals surface area contributed by atoms with E-state index in [2.05, 4.69) is 10.3 Å². The summed E-state index contributed by atoms with van der Waals surface area (Å²) in [6, 6.07) is 19.8. The second-order valence-corrected chi connectivity index (χ2v) is 6.33. The average Bonchev–Trinajstić information content (AvgIpc) is 3.13. The predicted molar refractivity (Wildman–Crippen MR) is 104 cm³/mol. The van der Waals surface area contributed by atoms with Gasteiger partial charge >= 0.3 is 0 Å². The summed E-state index contributed by atoms with van der Waals surface area (Å²) in [6.45, 7) is 0.731. The number of pyridine rings is 1. The van der Waals surface area contributed by atoms with Gasteiger partial charge in [0.2, 0.25) is 0 Å². The Morgan fingerprint density at radius 3 is 2.57 bits per heavy atom. The summed E-state index contributed by atoms with van der Waals surface area (Å²) >= 11 is 0. The lowest BCUT2D eigenvalue weighted by molar-refractivity contribution is 0.0950. The number of imidazole rings is 1. The Hall–Kier alpha value is -3.67. The quantitative estimate of drug-likeness (QED) is 0.555. The molecule has 2 aromatic heterocycles. The van der Waals surface area contributed by atoms with Gasteiger partial charge in [-0.15, -0.1) is 0 Å². The average molecular weight is 375 g/mol. The second kappa shape index (κ2) is 7.92. The standard InChI is InChI=1S/C22H18FN3O2/c23-18-8-11-21-25-19(14-26(21)13-18)12-24-22(27)17-6-9-20(10-7-17)28-15-16-4-2-1-3-5-16/h1-11,13-14H,12,15H2,(H,24,27). The third-order valence-electron chi connectivity index (χ3n) is 4.26. The number of aromatic nitrogens is 2. The Bertz CT molecular complexity index is 1090. The molecule has 1 amide bonds. The maximum absolute atomic E-state index is 13.2. The molecule has 0 aliphatic rings. The number of fused-ring (bicyclic) bond motifs is 1. The molecule has 0 aliphatic heterocycles. The summed E-state index contributed by atoms with van der Waals surface area (Å²) in [5.41, 5.74) is 2.89. The molecule has 0 atom stereocenters. The number of carbonyl (C=O) groups excluding carboxylic acids is 1. The highest BCUT2D eigenvalue weighted by Crippen LogP contribution is 2.14. The molecule has 5 nitrogen and oxygen atoms in total. The minimum absolute atomic E-state index is 0.210. The highest BCUT2D eigenvalue weighted by atomic mass is 19.1. The van der Waals surface area contributed by atoms with E-state index in [4.69, 9.17) is 4.74 Å². The highest BCUT2D eigenvalue weighted by molar-refractivity contribution is 5.94. The molecule has 0 fully saturated rings. The first-order valence-corrected chi connectivity index (χ1v) is 8.85. The van der Waals surface area contributed by atoms with Gasteiger partial charge in [-0.25, -0.2) is 9.37 Å². The number of nitrogens with one attached hydrogen (secondary N) is 1. The molecule has 4 aromatic rings. The van der Waals surface area contributed by atoms with Crippen LogP contribution in [0, 0.1) is 5.82 Å². The summed E-state index contributed by atoms with van der Waals surface area (Å²) < 4.78 is 20.6. The van der Waals surface area contributed by atoms with Crippen molar-refractivity contribution >= 4 is 11.6 Å². The van der Waals surface area contributed by atoms with E-state index in [1.807, 2.05) is 30.3 Å². The minimum atomic E-state index is -0.338. The molecule has 0 spiro atoms. The van der Waals surface area contributed by atoms with Gasteiger partial charge in [0.05, 0.1) is 12.2 Å². The smallest absolute Gasteiger partial charge is 0.251 e. The first-order valence-electron chi connectivity index (χ1n) is 8.85. The normalized spacial score (nSPS) is 10.8. The number of halogens is 1. The van der Waals surface area contributed by atoms with Gasteiger partial charge in [-0.3, -0.25) is 4.79 Å². The fraction of sp³-hybridized carbons (Fsp3) is 0.0909. The van der Waals surface area contributed by atoms with Crippen LogP contribution in [0.5, 0.6) is 5.75 Å². The van der Waals surface area contributed by atoms with Gasteiger partial charge in [0.15, 0.2) is 0 Å². The molecule has 2 aromatic carbocycles. The van der Waals surface area contributed by atoms with Crippen LogP contribution in [0.15, 0.2) is 79.1 Å². The Labute approximate surface area is 161 Å². The van der Waals surface area contributed by atoms with Crippen LogP contribution in [-0.2, 0) is 13.2 Å². The number of nitrogens with zero attached hydrogens (tertiary/aromatic N) is 2. The van der Waals surface area contributed by atoms with Crippen LogP contribution in [0.1, 0.15) is 21.6 Å². The van der Waals surface area contributed by atoms with E-state index in [0.29, 0.717) is 29.3 Å². The van der Waals surface area contributed by atoms with Gasteiger partial charge in [-0.1, -0.05) is 30.3 Å². The van der Waals surface area contributed by atoms with Gasteiger partial charge in [-0.05, 0) is 42.0 Å². The molecule has 140 valence electrons. The molecule has 6 heteroatoms. The van der Waals surface area contributed by atoms with Crippen LogP contribution < -0.4 is 10.1 Å². The summed E-state index contributed by atoms with van der Waals surface area (Å²) in [7, 11) is 0. The molecule has 0 saturated heterocycles. The van der Waals surface area contributed by atoms with E-state index in [-0.39, 0.29) is 18.3 Å². The summed E-state index contributed by atoms with van der Waals surface area (Å²) in [4.78, 5) is 16.7. The lowest BCUT2D eigenvalue weighted by atomic mass is 10.2. The molecule has 0 bridgehead atoms. The third-order valence-corrected chi connectivity index (χ3v) is 4.26. The molecule has 0 radical (unpaired) electrons. The molecule has 2 heterocycles. The number of hydrogen-bond acceptors (Lipinski definition) is 3. The number of hydrogen-bond donors (Lipinski definition) is 1. The fourth-order valence-electron chi connectivity index (χ4n) is 2.82. The fourth-order valence-corrected chi connectivity index (χ4v) is 2.82. The van der Waals surface area contributed by atoms with Crippen molar-refractivity contribution in [1.82, 2.24) is 14.7 Å². The number of amides is 1. The monoisotopic (exact) mass is 375 g/mol. The van der Waals surface area contributed by atoms with Crippen molar-refractivity contribution in [2.24, 2.45) is 0 Å². The Kier molecular flexibility index (Phi) is 5.01. The molecular formula is C22H18FN3O2. The molecule has 1 N–H and O–H groups in total. The zero-order valence-electron chi connectivity index (χ0n) is 15.0. The zero-order valence-corrected chi connectivity index (χ0v) is 15.0. The van der Waals surface area contributed by atoms with E-state index >= 15 is 0 Å². The third kappa shape index (κ3) is 4.17. The minimum Gasteiger partial charge on any atom is -0.489 e. The topological polar surface area (TPSA) is 55.6 Å².